The molecule has 4 fully saturated rings. The fraction of sp³-hybridized carbons (Fsp3) is 0.667. The van der Waals surface area contributed by atoms with Crippen molar-refractivity contribution in [1.29, 1.82) is 0 Å². The van der Waals surface area contributed by atoms with Gasteiger partial charge in [0.1, 0.15) is 10.4 Å². The number of hydrogen-bond donors (Lipinski definition) is 2. The number of hydroxylamine groups is 1. The van der Waals surface area contributed by atoms with Crippen molar-refractivity contribution in [3.8, 4) is 0 Å². The maximum Gasteiger partial charge on any atom is 0.253 e. The number of hydrogen-bond acceptors (Lipinski definition) is 12. The molecule has 7 heterocycles. The zero-order chi connectivity index (χ0) is 26.1. The van der Waals surface area contributed by atoms with Crippen LogP contribution < -0.4 is 10.6 Å². The number of thiophene rings is 1. The zero-order valence-corrected chi connectivity index (χ0v) is 25.6. The third kappa shape index (κ3) is 5.17. The summed E-state index contributed by atoms with van der Waals surface area (Å²) in [5, 5.41) is 10.7. The highest BCUT2D eigenvalue weighted by atomic mass is 32.2. The molecule has 2 atom stereocenters. The van der Waals surface area contributed by atoms with Crippen LogP contribution in [0.15, 0.2) is 39.7 Å². The molecule has 2 unspecified atom stereocenters. The third-order valence-electron chi connectivity index (χ3n) is 8.01. The Morgan fingerprint density at radius 1 is 1.00 bits per heavy atom. The van der Waals surface area contributed by atoms with Crippen LogP contribution in [0, 0.1) is 0 Å². The van der Waals surface area contributed by atoms with Crippen LogP contribution in [0.3, 0.4) is 0 Å². The molecule has 6 aliphatic heterocycles. The lowest BCUT2D eigenvalue weighted by Crippen LogP contribution is -2.65. The summed E-state index contributed by atoms with van der Waals surface area (Å²) in [6, 6.07) is 4.45. The Kier molecular flexibility index (Phi) is 8.42. The SMILES string of the molecule is c1csc(C2=C(N3CCCCC3)C(C3=NCCS3)(N3CCNCC3)OC(C3NCCS3)=C2ON2CCCS2)c1. The molecule has 1 aromatic heterocycles. The average molecular weight is 607 g/mol. The molecule has 7 rings (SSSR count). The monoisotopic (exact) mass is 606 g/mol. The number of rotatable bonds is 7. The lowest BCUT2D eigenvalue weighted by Gasteiger charge is -2.53. The first-order valence-corrected chi connectivity index (χ1v) is 18.2. The maximum absolute atomic E-state index is 7.59. The number of ether oxygens (including phenoxy) is 1. The van der Waals surface area contributed by atoms with Crippen LogP contribution in [0.1, 0.15) is 30.6 Å². The summed E-state index contributed by atoms with van der Waals surface area (Å²) in [7, 11) is 0. The number of aliphatic imine (C=N–C) groups is 1. The van der Waals surface area contributed by atoms with Gasteiger partial charge < -0.3 is 19.8 Å². The predicted octanol–water partition coefficient (Wildman–Crippen LogP) is 3.88. The summed E-state index contributed by atoms with van der Waals surface area (Å²) >= 11 is 7.41. The second kappa shape index (κ2) is 12.2. The van der Waals surface area contributed by atoms with E-state index in [1.165, 1.54) is 35.4 Å². The highest BCUT2D eigenvalue weighted by Crippen LogP contribution is 2.52. The Balaban J connectivity index is 1.49. The summed E-state index contributed by atoms with van der Waals surface area (Å²) in [6.45, 7) is 8.57. The molecule has 8 nitrogen and oxygen atoms in total. The van der Waals surface area contributed by atoms with Gasteiger partial charge in [0.05, 0.1) is 11.3 Å². The van der Waals surface area contributed by atoms with Crippen LogP contribution in [0.25, 0.3) is 5.57 Å². The molecule has 0 radical (unpaired) electrons. The van der Waals surface area contributed by atoms with Gasteiger partial charge in [-0.1, -0.05) is 10.5 Å². The van der Waals surface area contributed by atoms with Crippen molar-refractivity contribution >= 4 is 57.4 Å². The van der Waals surface area contributed by atoms with Crippen LogP contribution in [-0.4, -0.2) is 107 Å². The largest absolute Gasteiger partial charge is 0.458 e. The van der Waals surface area contributed by atoms with Gasteiger partial charge in [0.15, 0.2) is 11.5 Å². The number of nitrogens with one attached hydrogen (secondary N) is 2. The van der Waals surface area contributed by atoms with Crippen molar-refractivity contribution in [2.45, 2.75) is 36.8 Å². The number of piperidine rings is 1. The number of allylic oxidation sites excluding steroid dienone is 1. The van der Waals surface area contributed by atoms with Gasteiger partial charge in [-0.25, -0.2) is 0 Å². The van der Waals surface area contributed by atoms with Crippen molar-refractivity contribution in [3.63, 3.8) is 0 Å². The molecule has 212 valence electrons. The van der Waals surface area contributed by atoms with Gasteiger partial charge in [-0.15, -0.1) is 34.9 Å². The van der Waals surface area contributed by atoms with Gasteiger partial charge in [0.2, 0.25) is 0 Å². The summed E-state index contributed by atoms with van der Waals surface area (Å²) < 4.78 is 9.67. The minimum atomic E-state index is -0.745. The molecule has 6 aliphatic rings. The number of likely N-dealkylation sites (tertiary alicyclic amines) is 1. The van der Waals surface area contributed by atoms with E-state index in [4.69, 9.17) is 14.6 Å². The maximum atomic E-state index is 7.59. The lowest BCUT2D eigenvalue weighted by molar-refractivity contribution is -0.0892. The fourth-order valence-corrected chi connectivity index (χ4v) is 9.91. The van der Waals surface area contributed by atoms with Crippen molar-refractivity contribution in [1.82, 2.24) is 24.9 Å². The van der Waals surface area contributed by atoms with Gasteiger partial charge in [-0.05, 0) is 49.1 Å². The quantitative estimate of drug-likeness (QED) is 0.447. The van der Waals surface area contributed by atoms with E-state index >= 15 is 0 Å². The minimum absolute atomic E-state index is 0.0553. The van der Waals surface area contributed by atoms with Gasteiger partial charge in [0, 0.05) is 81.0 Å². The highest BCUT2D eigenvalue weighted by Gasteiger charge is 2.57. The second-order valence-corrected chi connectivity index (χ2v) is 14.8. The van der Waals surface area contributed by atoms with Crippen molar-refractivity contribution < 1.29 is 9.57 Å². The molecular weight excluding hydrogens is 569 g/mol. The van der Waals surface area contributed by atoms with Gasteiger partial charge >= 0.3 is 0 Å². The molecule has 39 heavy (non-hydrogen) atoms. The van der Waals surface area contributed by atoms with Crippen LogP contribution >= 0.6 is 46.8 Å². The smallest absolute Gasteiger partial charge is 0.253 e. The van der Waals surface area contributed by atoms with E-state index < -0.39 is 5.72 Å². The molecule has 1 aromatic rings. The number of piperazine rings is 1. The van der Waals surface area contributed by atoms with E-state index in [1.54, 1.807) is 11.9 Å². The highest BCUT2D eigenvalue weighted by molar-refractivity contribution is 8.14. The van der Waals surface area contributed by atoms with Crippen LogP contribution in [-0.2, 0) is 9.57 Å². The molecule has 0 saturated carbocycles. The van der Waals surface area contributed by atoms with Crippen LogP contribution in [0.2, 0.25) is 0 Å². The van der Waals surface area contributed by atoms with Gasteiger partial charge in [0.25, 0.3) is 5.72 Å². The average Bonchev–Trinajstić information content (AvgIpc) is 3.82. The van der Waals surface area contributed by atoms with Crippen molar-refractivity contribution in [3.05, 3.63) is 39.6 Å². The summed E-state index contributed by atoms with van der Waals surface area (Å²) in [5.74, 6) is 5.00. The van der Waals surface area contributed by atoms with E-state index in [0.29, 0.717) is 0 Å². The predicted molar refractivity (Wildman–Crippen MR) is 166 cm³/mol. The molecule has 0 aromatic carbocycles. The molecule has 0 aliphatic carbocycles. The first kappa shape index (κ1) is 27.0. The summed E-state index contributed by atoms with van der Waals surface area (Å²) in [6.07, 6.45) is 4.83. The van der Waals surface area contributed by atoms with Crippen LogP contribution in [0.5, 0.6) is 0 Å². The Morgan fingerprint density at radius 3 is 2.59 bits per heavy atom. The Hall–Kier alpha value is -0.860. The van der Waals surface area contributed by atoms with E-state index in [2.05, 4.69) is 42.4 Å². The number of nitrogens with zero attached hydrogens (tertiary/aromatic N) is 4. The molecule has 0 bridgehead atoms. The first-order chi connectivity index (χ1) is 19.3. The van der Waals surface area contributed by atoms with E-state index in [0.717, 1.165) is 99.1 Å². The first-order valence-electron chi connectivity index (χ1n) is 14.4. The molecule has 0 spiro atoms. The summed E-state index contributed by atoms with van der Waals surface area (Å²) in [4.78, 5) is 18.6. The van der Waals surface area contributed by atoms with E-state index in [-0.39, 0.29) is 5.37 Å². The molecule has 4 saturated heterocycles. The number of thioether (sulfide) groups is 2. The second-order valence-electron chi connectivity index (χ2n) is 10.5. The lowest BCUT2D eigenvalue weighted by atomic mass is 9.92. The Morgan fingerprint density at radius 2 is 1.90 bits per heavy atom. The van der Waals surface area contributed by atoms with E-state index in [9.17, 15) is 0 Å². The molecular formula is C27H38N6O2S4. The van der Waals surface area contributed by atoms with Crippen molar-refractivity contribution in [2.75, 3.05) is 76.2 Å². The Labute approximate surface area is 248 Å². The zero-order valence-electron chi connectivity index (χ0n) is 22.4. The fourth-order valence-electron chi connectivity index (χ4n) is 6.26. The van der Waals surface area contributed by atoms with E-state index in [1.807, 2.05) is 34.9 Å². The normalized spacial score (nSPS) is 31.2. The third-order valence-corrected chi connectivity index (χ3v) is 12.1. The van der Waals surface area contributed by atoms with Crippen LogP contribution in [0.4, 0.5) is 0 Å². The molecule has 2 N–H and O–H groups in total. The van der Waals surface area contributed by atoms with Crippen molar-refractivity contribution in [2.24, 2.45) is 4.99 Å². The summed E-state index contributed by atoms with van der Waals surface area (Å²) in [5.41, 5.74) is 1.72. The van der Waals surface area contributed by atoms with Gasteiger partial charge in [-0.2, -0.15) is 0 Å². The molecule has 0 amide bonds. The topological polar surface area (TPSA) is 64.6 Å². The molecule has 12 heteroatoms. The standard InChI is InChI=1S/C27H38N6O2S4/c1-2-11-31(12-3-1)24-21(20-6-4-16-36-20)22(35-33-13-5-17-39-33)23(25-29-9-18-37-25)34-27(24,26-30-10-19-38-26)32-14-7-28-8-15-32/h4,6,16,25,28-29H,1-3,5,7-15,17-19H2. The Bertz CT molecular complexity index is 1100. The minimum Gasteiger partial charge on any atom is -0.458 e. The van der Waals surface area contributed by atoms with Gasteiger partial charge in [-0.3, -0.25) is 15.2 Å².